The molecule has 0 aromatic heterocycles. The first-order valence-corrected chi connectivity index (χ1v) is 6.13. The van der Waals surface area contributed by atoms with E-state index in [1.54, 1.807) is 12.1 Å². The summed E-state index contributed by atoms with van der Waals surface area (Å²) in [7, 11) is -0.524. The summed E-state index contributed by atoms with van der Waals surface area (Å²) in [5.41, 5.74) is -0.117. The molecular formula is C12H17BO4S. The largest absolute Gasteiger partial charge is 0.508 e. The Morgan fingerprint density at radius 2 is 1.67 bits per heavy atom. The first-order valence-electron chi connectivity index (χ1n) is 5.76. The number of phenolic OH excluding ortho intramolecular Hbond substituents is 1. The van der Waals surface area contributed by atoms with Crippen LogP contribution in [-0.4, -0.2) is 23.4 Å². The highest BCUT2D eigenvalue weighted by Crippen LogP contribution is 2.36. The first kappa shape index (κ1) is 13.6. The molecule has 1 saturated heterocycles. The Hall–Kier alpha value is -0.845. The van der Waals surface area contributed by atoms with Gasteiger partial charge < -0.3 is 18.6 Å². The van der Waals surface area contributed by atoms with Gasteiger partial charge in [0.05, 0.1) is 11.2 Å². The van der Waals surface area contributed by atoms with Gasteiger partial charge in [0.2, 0.25) is 0 Å². The smallest absolute Gasteiger partial charge is 0.495 e. The Labute approximate surface area is 113 Å². The summed E-state index contributed by atoms with van der Waals surface area (Å²) in [4.78, 5) is 0. The van der Waals surface area contributed by atoms with Gasteiger partial charge in [-0.3, -0.25) is 0 Å². The summed E-state index contributed by atoms with van der Waals surface area (Å²) >= 11 is 3.72. The van der Waals surface area contributed by atoms with Crippen LogP contribution in [0.25, 0.3) is 0 Å². The molecule has 18 heavy (non-hydrogen) atoms. The highest BCUT2D eigenvalue weighted by atomic mass is 32.1. The Kier molecular flexibility index (Phi) is 3.29. The molecule has 0 amide bonds. The lowest BCUT2D eigenvalue weighted by Gasteiger charge is -2.32. The molecule has 98 valence electrons. The van der Waals surface area contributed by atoms with Gasteiger partial charge in [0.25, 0.3) is 0 Å². The number of rotatable bonds is 2. The molecule has 0 aliphatic carbocycles. The van der Waals surface area contributed by atoms with Gasteiger partial charge in [-0.1, -0.05) is 0 Å². The first-order chi connectivity index (χ1) is 8.25. The summed E-state index contributed by atoms with van der Waals surface area (Å²) < 4.78 is 16.6. The second-order valence-electron chi connectivity index (χ2n) is 5.44. The molecule has 1 N–H and O–H groups in total. The third-order valence-corrected chi connectivity index (χ3v) is 3.76. The van der Waals surface area contributed by atoms with Crippen LogP contribution in [0, 0.1) is 0 Å². The summed E-state index contributed by atoms with van der Waals surface area (Å²) in [6.07, 6.45) is 0. The van der Waals surface area contributed by atoms with Crippen molar-refractivity contribution < 1.29 is 18.6 Å². The Morgan fingerprint density at radius 1 is 1.11 bits per heavy atom. The molecule has 0 bridgehead atoms. The fraction of sp³-hybridized carbons (Fsp3) is 0.500. The summed E-state index contributed by atoms with van der Waals surface area (Å²) in [6.45, 7) is 7.91. The average Bonchev–Trinajstić information content (AvgIpc) is 2.47. The van der Waals surface area contributed by atoms with Crippen molar-refractivity contribution in [3.63, 3.8) is 0 Å². The maximum Gasteiger partial charge on any atom is 0.495 e. The molecule has 0 saturated carbocycles. The van der Waals surface area contributed by atoms with Crippen molar-refractivity contribution >= 4 is 25.5 Å². The van der Waals surface area contributed by atoms with Crippen molar-refractivity contribution in [1.29, 1.82) is 0 Å². The fourth-order valence-corrected chi connectivity index (χ4v) is 1.88. The minimum Gasteiger partial charge on any atom is -0.508 e. The van der Waals surface area contributed by atoms with Gasteiger partial charge in [0.1, 0.15) is 11.5 Å². The number of hydrogen-bond donors (Lipinski definition) is 2. The SMILES string of the molecule is CC1(C)OB(c2cc(O)cc(OS)c2)OC1(C)C. The minimum absolute atomic E-state index is 0.0891. The summed E-state index contributed by atoms with van der Waals surface area (Å²) in [5.74, 6) is 0.536. The molecule has 0 atom stereocenters. The normalized spacial score (nSPS) is 21.1. The molecule has 1 aliphatic rings. The van der Waals surface area contributed by atoms with Gasteiger partial charge >= 0.3 is 7.12 Å². The molecule has 1 aromatic rings. The van der Waals surface area contributed by atoms with Gasteiger partial charge in [0, 0.05) is 19.0 Å². The molecule has 1 aliphatic heterocycles. The van der Waals surface area contributed by atoms with Crippen LogP contribution in [0.1, 0.15) is 27.7 Å². The van der Waals surface area contributed by atoms with E-state index < -0.39 is 18.3 Å². The van der Waals surface area contributed by atoms with E-state index in [0.29, 0.717) is 11.2 Å². The topological polar surface area (TPSA) is 47.9 Å². The molecule has 1 heterocycles. The van der Waals surface area contributed by atoms with E-state index in [4.69, 9.17) is 13.5 Å². The molecule has 0 spiro atoms. The van der Waals surface area contributed by atoms with Gasteiger partial charge in [-0.25, -0.2) is 0 Å². The highest BCUT2D eigenvalue weighted by molar-refractivity contribution is 7.75. The van der Waals surface area contributed by atoms with E-state index in [1.165, 1.54) is 6.07 Å². The lowest BCUT2D eigenvalue weighted by Crippen LogP contribution is -2.41. The minimum atomic E-state index is -0.524. The van der Waals surface area contributed by atoms with Crippen LogP contribution in [0.3, 0.4) is 0 Å². The maximum absolute atomic E-state index is 9.62. The van der Waals surface area contributed by atoms with Crippen LogP contribution in [0.15, 0.2) is 18.2 Å². The average molecular weight is 268 g/mol. The van der Waals surface area contributed by atoms with Crippen LogP contribution in [0.2, 0.25) is 0 Å². The predicted molar refractivity (Wildman–Crippen MR) is 73.4 cm³/mol. The zero-order valence-electron chi connectivity index (χ0n) is 10.9. The van der Waals surface area contributed by atoms with Gasteiger partial charge in [-0.05, 0) is 45.3 Å². The zero-order valence-corrected chi connectivity index (χ0v) is 11.8. The van der Waals surface area contributed by atoms with E-state index >= 15 is 0 Å². The second kappa shape index (κ2) is 4.37. The Bertz CT molecular complexity index is 445. The molecule has 6 heteroatoms. The van der Waals surface area contributed by atoms with E-state index in [2.05, 4.69) is 12.9 Å². The molecule has 4 nitrogen and oxygen atoms in total. The van der Waals surface area contributed by atoms with Gasteiger partial charge in [0.15, 0.2) is 0 Å². The highest BCUT2D eigenvalue weighted by Gasteiger charge is 2.51. The quantitative estimate of drug-likeness (QED) is 0.488. The number of aromatic hydroxyl groups is 1. The molecule has 0 radical (unpaired) electrons. The van der Waals surface area contributed by atoms with Crippen LogP contribution in [0.5, 0.6) is 11.5 Å². The monoisotopic (exact) mass is 268 g/mol. The lowest BCUT2D eigenvalue weighted by atomic mass is 9.79. The number of thiol groups is 1. The summed E-state index contributed by atoms with van der Waals surface area (Å²) in [5, 5.41) is 9.62. The fourth-order valence-electron chi connectivity index (χ4n) is 1.77. The molecule has 1 aromatic carbocycles. The van der Waals surface area contributed by atoms with Crippen molar-refractivity contribution in [2.45, 2.75) is 38.9 Å². The maximum atomic E-state index is 9.62. The Balaban J connectivity index is 2.32. The van der Waals surface area contributed by atoms with Crippen LogP contribution in [0.4, 0.5) is 0 Å². The number of hydrogen-bond acceptors (Lipinski definition) is 5. The van der Waals surface area contributed by atoms with E-state index in [0.717, 1.165) is 0 Å². The third kappa shape index (κ3) is 2.32. The van der Waals surface area contributed by atoms with Gasteiger partial charge in [-0.15, -0.1) is 0 Å². The van der Waals surface area contributed by atoms with Crippen LogP contribution in [-0.2, 0) is 9.31 Å². The molecule has 2 rings (SSSR count). The lowest BCUT2D eigenvalue weighted by molar-refractivity contribution is 0.00578. The van der Waals surface area contributed by atoms with Crippen LogP contribution < -0.4 is 9.65 Å². The number of phenols is 1. The molecule has 0 unspecified atom stereocenters. The van der Waals surface area contributed by atoms with Crippen molar-refractivity contribution in [2.24, 2.45) is 0 Å². The van der Waals surface area contributed by atoms with Crippen molar-refractivity contribution in [1.82, 2.24) is 0 Å². The Morgan fingerprint density at radius 3 is 2.17 bits per heavy atom. The van der Waals surface area contributed by atoms with Crippen molar-refractivity contribution in [2.75, 3.05) is 0 Å². The second-order valence-corrected chi connectivity index (χ2v) is 5.62. The standard InChI is InChI=1S/C12H17BO4S/c1-11(2)12(3,4)17-13(16-11)8-5-9(14)7-10(6-8)15-18/h5-7,14,18H,1-4H3. The van der Waals surface area contributed by atoms with Crippen molar-refractivity contribution in [3.8, 4) is 11.5 Å². The molecule has 1 fully saturated rings. The van der Waals surface area contributed by atoms with E-state index in [-0.39, 0.29) is 5.75 Å². The van der Waals surface area contributed by atoms with Crippen molar-refractivity contribution in [3.05, 3.63) is 18.2 Å². The van der Waals surface area contributed by atoms with E-state index in [9.17, 15) is 5.11 Å². The summed E-state index contributed by atoms with van der Waals surface area (Å²) in [6, 6.07) is 4.80. The third-order valence-electron chi connectivity index (χ3n) is 3.54. The molecular weight excluding hydrogens is 251 g/mol. The van der Waals surface area contributed by atoms with Gasteiger partial charge in [-0.2, -0.15) is 0 Å². The predicted octanol–water partition coefficient (Wildman–Crippen LogP) is 1.91. The van der Waals surface area contributed by atoms with E-state index in [1.807, 2.05) is 27.7 Å². The van der Waals surface area contributed by atoms with Crippen LogP contribution >= 0.6 is 12.9 Å². The number of benzene rings is 1. The zero-order chi connectivity index (χ0) is 13.6.